The second-order valence-corrected chi connectivity index (χ2v) is 8.23. The molecule has 0 saturated heterocycles. The monoisotopic (exact) mass is 508 g/mol. The van der Waals surface area contributed by atoms with Crippen LogP contribution >= 0.6 is 51.3 Å². The number of aryl methyl sites for hydroxylation is 1. The second-order valence-electron chi connectivity index (χ2n) is 6.06. The van der Waals surface area contributed by atoms with Crippen LogP contribution in [-0.2, 0) is 4.79 Å². The van der Waals surface area contributed by atoms with E-state index in [9.17, 15) is 4.79 Å². The summed E-state index contributed by atoms with van der Waals surface area (Å²) >= 11 is 20.7. The van der Waals surface area contributed by atoms with Crippen LogP contribution in [0.5, 0.6) is 0 Å². The van der Waals surface area contributed by atoms with E-state index >= 15 is 0 Å². The van der Waals surface area contributed by atoms with Crippen molar-refractivity contribution in [2.24, 2.45) is 0 Å². The Balaban J connectivity index is 1.60. The zero-order valence-corrected chi connectivity index (χ0v) is 19.0. The van der Waals surface area contributed by atoms with Gasteiger partial charge in [-0.2, -0.15) is 0 Å². The lowest BCUT2D eigenvalue weighted by Gasteiger charge is -2.10. The summed E-state index contributed by atoms with van der Waals surface area (Å²) in [4.78, 5) is 12.1. The molecule has 4 nitrogen and oxygen atoms in total. The van der Waals surface area contributed by atoms with Crippen LogP contribution in [0.2, 0.25) is 10.0 Å². The first-order valence-electron chi connectivity index (χ1n) is 8.43. The van der Waals surface area contributed by atoms with Crippen molar-refractivity contribution < 1.29 is 9.21 Å². The number of nitrogens with one attached hydrogen (secondary N) is 2. The third-order valence-corrected chi connectivity index (χ3v) is 5.14. The Morgan fingerprint density at radius 1 is 1.14 bits per heavy atom. The third-order valence-electron chi connectivity index (χ3n) is 3.90. The number of benzene rings is 2. The van der Waals surface area contributed by atoms with E-state index in [1.165, 1.54) is 6.08 Å². The molecule has 8 heteroatoms. The summed E-state index contributed by atoms with van der Waals surface area (Å²) in [5, 5.41) is 6.84. The van der Waals surface area contributed by atoms with Crippen molar-refractivity contribution in [1.29, 1.82) is 0 Å². The number of hydrogen-bond acceptors (Lipinski definition) is 3. The first-order valence-corrected chi connectivity index (χ1v) is 10.4. The first-order chi connectivity index (χ1) is 13.8. The van der Waals surface area contributed by atoms with Crippen molar-refractivity contribution >= 4 is 74.1 Å². The molecule has 1 heterocycles. The van der Waals surface area contributed by atoms with Crippen LogP contribution in [0.3, 0.4) is 0 Å². The van der Waals surface area contributed by atoms with E-state index in [4.69, 9.17) is 39.8 Å². The number of anilines is 1. The summed E-state index contributed by atoms with van der Waals surface area (Å²) in [5.74, 6) is 0.707. The normalized spacial score (nSPS) is 10.9. The van der Waals surface area contributed by atoms with E-state index < -0.39 is 0 Å². The molecular formula is C21H15BrCl2N2O2S. The lowest BCUT2D eigenvalue weighted by molar-refractivity contribution is -0.115. The van der Waals surface area contributed by atoms with Crippen LogP contribution in [-0.4, -0.2) is 11.0 Å². The zero-order valence-electron chi connectivity index (χ0n) is 15.1. The highest BCUT2D eigenvalue weighted by Gasteiger charge is 2.09. The van der Waals surface area contributed by atoms with Gasteiger partial charge in [-0.3, -0.25) is 10.1 Å². The molecule has 0 aliphatic rings. The minimum atomic E-state index is -0.375. The Morgan fingerprint density at radius 3 is 2.66 bits per heavy atom. The number of halogens is 3. The lowest BCUT2D eigenvalue weighted by atomic mass is 10.2. The molecule has 29 heavy (non-hydrogen) atoms. The Hall–Kier alpha value is -2.12. The first kappa shape index (κ1) is 21.6. The Labute approximate surface area is 192 Å². The van der Waals surface area contributed by atoms with E-state index in [0.717, 1.165) is 21.3 Å². The summed E-state index contributed by atoms with van der Waals surface area (Å²) in [6, 6.07) is 14.4. The van der Waals surface area contributed by atoms with E-state index in [-0.39, 0.29) is 11.0 Å². The topological polar surface area (TPSA) is 54.3 Å². The number of carbonyl (C=O) groups is 1. The second kappa shape index (κ2) is 9.59. The molecule has 0 bridgehead atoms. The van der Waals surface area contributed by atoms with Crippen molar-refractivity contribution in [2.75, 3.05) is 5.32 Å². The molecule has 3 aromatic rings. The molecule has 0 atom stereocenters. The van der Waals surface area contributed by atoms with Crippen LogP contribution < -0.4 is 10.6 Å². The Kier molecular flexibility index (Phi) is 7.14. The van der Waals surface area contributed by atoms with Gasteiger partial charge in [0.25, 0.3) is 0 Å². The van der Waals surface area contributed by atoms with Gasteiger partial charge >= 0.3 is 0 Å². The van der Waals surface area contributed by atoms with Gasteiger partial charge in [0.2, 0.25) is 5.91 Å². The van der Waals surface area contributed by atoms with Gasteiger partial charge in [0.1, 0.15) is 11.5 Å². The molecule has 2 N–H and O–H groups in total. The number of rotatable bonds is 4. The molecule has 148 valence electrons. The number of thiocarbonyl (C=S) groups is 1. The number of amides is 1. The molecule has 0 aliphatic carbocycles. The summed E-state index contributed by atoms with van der Waals surface area (Å²) in [5.41, 5.74) is 2.53. The SMILES string of the molecule is Cc1cc(Br)ccc1NC(=S)NC(=O)/C=C/c1ccc(-c2ccc(Cl)cc2Cl)o1. The fourth-order valence-electron chi connectivity index (χ4n) is 2.51. The number of carbonyl (C=O) groups excluding carboxylic acids is 1. The molecule has 0 spiro atoms. The standard InChI is InChI=1S/C21H15BrCl2N2O2S/c1-12-10-13(22)2-7-18(12)25-21(29)26-20(27)9-5-15-4-8-19(28-15)16-6-3-14(23)11-17(16)24/h2-11H,1H3,(H2,25,26,27,29)/b9-5+. The Bertz CT molecular complexity index is 1110. The molecule has 0 saturated carbocycles. The largest absolute Gasteiger partial charge is 0.457 e. The minimum Gasteiger partial charge on any atom is -0.457 e. The van der Waals surface area contributed by atoms with Crippen LogP contribution in [0, 0.1) is 6.92 Å². The molecule has 0 radical (unpaired) electrons. The fourth-order valence-corrected chi connectivity index (χ4v) is 3.70. The predicted octanol–water partition coefficient (Wildman–Crippen LogP) is 6.85. The average Bonchev–Trinajstić information content (AvgIpc) is 3.11. The highest BCUT2D eigenvalue weighted by atomic mass is 79.9. The van der Waals surface area contributed by atoms with Crippen molar-refractivity contribution in [3.63, 3.8) is 0 Å². The summed E-state index contributed by atoms with van der Waals surface area (Å²) in [7, 11) is 0. The molecule has 1 aromatic heterocycles. The van der Waals surface area contributed by atoms with E-state index in [2.05, 4.69) is 26.6 Å². The molecule has 1 amide bonds. The van der Waals surface area contributed by atoms with Gasteiger partial charge in [-0.25, -0.2) is 0 Å². The fraction of sp³-hybridized carbons (Fsp3) is 0.0476. The van der Waals surface area contributed by atoms with E-state index in [0.29, 0.717) is 21.6 Å². The maximum Gasteiger partial charge on any atom is 0.250 e. The average molecular weight is 510 g/mol. The predicted molar refractivity (Wildman–Crippen MR) is 126 cm³/mol. The molecule has 2 aromatic carbocycles. The molecule has 0 fully saturated rings. The van der Waals surface area contributed by atoms with Gasteiger partial charge in [-0.1, -0.05) is 39.1 Å². The summed E-state index contributed by atoms with van der Waals surface area (Å²) < 4.78 is 6.69. The maximum absolute atomic E-state index is 12.1. The van der Waals surface area contributed by atoms with Gasteiger partial charge in [0.15, 0.2) is 5.11 Å². The van der Waals surface area contributed by atoms with Gasteiger partial charge in [0.05, 0.1) is 5.02 Å². The highest BCUT2D eigenvalue weighted by Crippen LogP contribution is 2.31. The molecule has 0 unspecified atom stereocenters. The van der Waals surface area contributed by atoms with Crippen molar-refractivity contribution in [2.45, 2.75) is 6.92 Å². The number of hydrogen-bond donors (Lipinski definition) is 2. The highest BCUT2D eigenvalue weighted by molar-refractivity contribution is 9.10. The van der Waals surface area contributed by atoms with Gasteiger partial charge < -0.3 is 9.73 Å². The molecular weight excluding hydrogens is 495 g/mol. The maximum atomic E-state index is 12.1. The van der Waals surface area contributed by atoms with Crippen LogP contribution in [0.15, 0.2) is 63.5 Å². The quantitative estimate of drug-likeness (QED) is 0.298. The van der Waals surface area contributed by atoms with Gasteiger partial charge in [-0.05, 0) is 79.3 Å². The van der Waals surface area contributed by atoms with Gasteiger partial charge in [-0.15, -0.1) is 0 Å². The van der Waals surface area contributed by atoms with Gasteiger partial charge in [0, 0.05) is 26.8 Å². The molecule has 0 aliphatic heterocycles. The zero-order chi connectivity index (χ0) is 21.0. The lowest BCUT2D eigenvalue weighted by Crippen LogP contribution is -2.33. The number of furan rings is 1. The smallest absolute Gasteiger partial charge is 0.250 e. The summed E-state index contributed by atoms with van der Waals surface area (Å²) in [6.07, 6.45) is 2.89. The van der Waals surface area contributed by atoms with E-state index in [1.54, 1.807) is 36.4 Å². The van der Waals surface area contributed by atoms with Crippen LogP contribution in [0.4, 0.5) is 5.69 Å². The minimum absolute atomic E-state index is 0.207. The molecule has 3 rings (SSSR count). The van der Waals surface area contributed by atoms with Crippen molar-refractivity contribution in [3.05, 3.63) is 80.4 Å². The van der Waals surface area contributed by atoms with E-state index in [1.807, 2.05) is 25.1 Å². The van der Waals surface area contributed by atoms with Crippen LogP contribution in [0.1, 0.15) is 11.3 Å². The summed E-state index contributed by atoms with van der Waals surface area (Å²) in [6.45, 7) is 1.94. The van der Waals surface area contributed by atoms with Crippen LogP contribution in [0.25, 0.3) is 17.4 Å². The Morgan fingerprint density at radius 2 is 1.93 bits per heavy atom. The van der Waals surface area contributed by atoms with Crippen molar-refractivity contribution in [1.82, 2.24) is 5.32 Å². The van der Waals surface area contributed by atoms with Crippen molar-refractivity contribution in [3.8, 4) is 11.3 Å². The third kappa shape index (κ3) is 5.93.